The fourth-order valence-electron chi connectivity index (χ4n) is 6.96. The molecule has 5 rings (SSSR count). The number of likely N-dealkylation sites (tertiary alicyclic amines) is 2. The number of aromatic nitrogens is 2. The largest absolute Gasteiger partial charge is 0.481 e. The Hall–Kier alpha value is -2.70. The average Bonchev–Trinajstić information content (AvgIpc) is 3.35. The molecule has 4 fully saturated rings. The molecule has 0 radical (unpaired) electrons. The van der Waals surface area contributed by atoms with Crippen molar-refractivity contribution in [2.24, 2.45) is 17.6 Å². The number of nitrogens with two attached hydrogens (primary N) is 1. The zero-order valence-electron chi connectivity index (χ0n) is 22.9. The predicted octanol–water partition coefficient (Wildman–Crippen LogP) is -0.0502. The number of nitrogens with one attached hydrogen (secondary N) is 1. The van der Waals surface area contributed by atoms with E-state index in [2.05, 4.69) is 15.2 Å². The summed E-state index contributed by atoms with van der Waals surface area (Å²) in [6.07, 6.45) is 7.23. The number of hydrogen-bond donors (Lipinski definition) is 4. The number of amides is 1. The molecule has 0 aromatic carbocycles. The summed E-state index contributed by atoms with van der Waals surface area (Å²) in [7, 11) is 0. The molecule has 12 nitrogen and oxygen atoms in total. The van der Waals surface area contributed by atoms with E-state index in [9.17, 15) is 24.6 Å². The van der Waals surface area contributed by atoms with Crippen LogP contribution in [-0.4, -0.2) is 105 Å². The van der Waals surface area contributed by atoms with Crippen molar-refractivity contribution in [2.45, 2.75) is 82.5 Å². The second kappa shape index (κ2) is 11.8. The number of aliphatic hydroxyl groups excluding tert-OH is 1. The van der Waals surface area contributed by atoms with Gasteiger partial charge in [-0.2, -0.15) is 0 Å². The number of carboxylic acids is 1. The van der Waals surface area contributed by atoms with E-state index in [0.717, 1.165) is 45.1 Å². The first-order valence-corrected chi connectivity index (χ1v) is 14.5. The van der Waals surface area contributed by atoms with Crippen molar-refractivity contribution < 1.29 is 19.8 Å². The van der Waals surface area contributed by atoms with Gasteiger partial charge in [-0.15, -0.1) is 0 Å². The summed E-state index contributed by atoms with van der Waals surface area (Å²) < 4.78 is 1.55. The summed E-state index contributed by atoms with van der Waals surface area (Å²) in [6, 6.07) is -0.335. The van der Waals surface area contributed by atoms with Crippen LogP contribution in [0.15, 0.2) is 11.0 Å². The van der Waals surface area contributed by atoms with Crippen LogP contribution in [-0.2, 0) is 9.59 Å². The van der Waals surface area contributed by atoms with Crippen LogP contribution >= 0.6 is 0 Å². The molecule has 5 N–H and O–H groups in total. The third-order valence-corrected chi connectivity index (χ3v) is 9.12. The molecule has 39 heavy (non-hydrogen) atoms. The van der Waals surface area contributed by atoms with E-state index >= 15 is 0 Å². The van der Waals surface area contributed by atoms with Gasteiger partial charge in [-0.1, -0.05) is 6.42 Å². The predicted molar refractivity (Wildman–Crippen MR) is 146 cm³/mol. The van der Waals surface area contributed by atoms with Gasteiger partial charge in [-0.25, -0.2) is 9.66 Å². The van der Waals surface area contributed by atoms with E-state index in [4.69, 9.17) is 5.73 Å². The SMILES string of the molecule is Cc1ncc(NC2CN(C3CCCN(C(=O)C4CCCC(O)C4)C3)CCC2C(=O)O)c(=O)n1N1CCC(N)C1. The Kier molecular flexibility index (Phi) is 8.43. The number of rotatable bonds is 6. The average molecular weight is 546 g/mol. The maximum absolute atomic E-state index is 13.5. The molecule has 1 aromatic heterocycles. The number of aryl methyl sites for hydroxylation is 1. The topological polar surface area (TPSA) is 157 Å². The molecule has 6 unspecified atom stereocenters. The van der Waals surface area contributed by atoms with Gasteiger partial charge in [-0.3, -0.25) is 19.3 Å². The fourth-order valence-corrected chi connectivity index (χ4v) is 6.96. The molecule has 1 aromatic rings. The van der Waals surface area contributed by atoms with E-state index in [0.29, 0.717) is 51.4 Å². The van der Waals surface area contributed by atoms with Crippen molar-refractivity contribution in [2.75, 3.05) is 49.6 Å². The molecular weight excluding hydrogens is 502 g/mol. The Labute approximate surface area is 229 Å². The minimum Gasteiger partial charge on any atom is -0.481 e. The van der Waals surface area contributed by atoms with Gasteiger partial charge in [0.25, 0.3) is 5.56 Å². The van der Waals surface area contributed by atoms with Gasteiger partial charge in [0.05, 0.1) is 24.3 Å². The maximum atomic E-state index is 13.5. The van der Waals surface area contributed by atoms with E-state index < -0.39 is 24.0 Å². The van der Waals surface area contributed by atoms with Crippen molar-refractivity contribution >= 4 is 17.6 Å². The fraction of sp³-hybridized carbons (Fsp3) is 0.778. The van der Waals surface area contributed by atoms with Crippen molar-refractivity contribution in [3.05, 3.63) is 22.4 Å². The lowest BCUT2D eigenvalue weighted by Gasteiger charge is -2.45. The first-order valence-electron chi connectivity index (χ1n) is 14.5. The smallest absolute Gasteiger partial charge is 0.308 e. The molecule has 1 aliphatic carbocycles. The molecule has 1 amide bonds. The van der Waals surface area contributed by atoms with Crippen molar-refractivity contribution in [1.29, 1.82) is 0 Å². The highest BCUT2D eigenvalue weighted by molar-refractivity contribution is 5.79. The lowest BCUT2D eigenvalue weighted by Crippen LogP contribution is -2.58. The van der Waals surface area contributed by atoms with Gasteiger partial charge in [0.1, 0.15) is 11.5 Å². The van der Waals surface area contributed by atoms with Crippen LogP contribution in [0.5, 0.6) is 0 Å². The molecule has 4 aliphatic rings. The normalized spacial score (nSPS) is 32.3. The Morgan fingerprint density at radius 2 is 1.87 bits per heavy atom. The van der Waals surface area contributed by atoms with Crippen molar-refractivity contribution in [1.82, 2.24) is 19.5 Å². The first-order chi connectivity index (χ1) is 18.7. The minimum atomic E-state index is -0.880. The number of nitrogens with zero attached hydrogens (tertiary/aromatic N) is 5. The monoisotopic (exact) mass is 545 g/mol. The lowest BCUT2D eigenvalue weighted by atomic mass is 9.85. The number of piperidine rings is 2. The van der Waals surface area contributed by atoms with Gasteiger partial charge in [0, 0.05) is 50.7 Å². The summed E-state index contributed by atoms with van der Waals surface area (Å²) in [4.78, 5) is 47.6. The Morgan fingerprint density at radius 1 is 1.05 bits per heavy atom. The number of aliphatic carboxylic acids is 1. The number of hydrogen-bond acceptors (Lipinski definition) is 9. The van der Waals surface area contributed by atoms with Gasteiger partial charge in [0.15, 0.2) is 0 Å². The van der Waals surface area contributed by atoms with E-state index in [1.807, 2.05) is 9.91 Å². The molecule has 3 aliphatic heterocycles. The Morgan fingerprint density at radius 3 is 2.59 bits per heavy atom. The van der Waals surface area contributed by atoms with Crippen LogP contribution in [0.3, 0.4) is 0 Å². The van der Waals surface area contributed by atoms with Gasteiger partial charge in [0.2, 0.25) is 5.91 Å². The Balaban J connectivity index is 1.29. The number of carbonyl (C=O) groups is 2. The molecule has 0 spiro atoms. The molecule has 0 bridgehead atoms. The summed E-state index contributed by atoms with van der Waals surface area (Å²) in [5.74, 6) is -0.922. The third-order valence-electron chi connectivity index (χ3n) is 9.12. The standard InChI is InChI=1S/C27H43N7O5/c1-17-29-13-23(26(37)34(17)33-11-7-19(28)14-33)30-24-16-31(10-8-22(24)27(38)39)20-5-3-9-32(15-20)25(36)18-4-2-6-21(35)12-18/h13,18-22,24,30,35H,2-12,14-16,28H2,1H3,(H,38,39). The number of carboxylic acid groups (broad SMARTS) is 1. The molecule has 3 saturated heterocycles. The highest BCUT2D eigenvalue weighted by Gasteiger charge is 2.39. The zero-order chi connectivity index (χ0) is 27.7. The van der Waals surface area contributed by atoms with Gasteiger partial charge in [-0.05, 0) is 58.4 Å². The van der Waals surface area contributed by atoms with Crippen molar-refractivity contribution in [3.63, 3.8) is 0 Å². The van der Waals surface area contributed by atoms with Gasteiger partial charge < -0.3 is 31.2 Å². The summed E-state index contributed by atoms with van der Waals surface area (Å²) in [5.41, 5.74) is 6.10. The highest BCUT2D eigenvalue weighted by atomic mass is 16.4. The van der Waals surface area contributed by atoms with Crippen molar-refractivity contribution in [3.8, 4) is 0 Å². The lowest BCUT2D eigenvalue weighted by molar-refractivity contribution is -0.144. The molecule has 12 heteroatoms. The second-order valence-corrected chi connectivity index (χ2v) is 11.9. The minimum absolute atomic E-state index is 0.00123. The van der Waals surface area contributed by atoms with Gasteiger partial charge >= 0.3 is 5.97 Å². The third kappa shape index (κ3) is 6.07. The van der Waals surface area contributed by atoms with E-state index in [1.54, 1.807) is 11.6 Å². The summed E-state index contributed by atoms with van der Waals surface area (Å²) >= 11 is 0. The molecule has 4 heterocycles. The molecular formula is C27H43N7O5. The molecule has 1 saturated carbocycles. The quantitative estimate of drug-likeness (QED) is 0.382. The first kappa shape index (κ1) is 27.9. The van der Waals surface area contributed by atoms with E-state index in [-0.39, 0.29) is 35.2 Å². The molecule has 216 valence electrons. The summed E-state index contributed by atoms with van der Waals surface area (Å²) in [6.45, 7) is 5.45. The zero-order valence-corrected chi connectivity index (χ0v) is 22.9. The van der Waals surface area contributed by atoms with E-state index in [1.165, 1.54) is 6.20 Å². The number of aliphatic hydroxyl groups is 1. The van der Waals surface area contributed by atoms with Crippen LogP contribution in [0.4, 0.5) is 5.69 Å². The summed E-state index contributed by atoms with van der Waals surface area (Å²) in [5, 5.41) is 25.2. The number of carbonyl (C=O) groups excluding carboxylic acids is 1. The number of anilines is 1. The maximum Gasteiger partial charge on any atom is 0.308 e. The highest BCUT2D eigenvalue weighted by Crippen LogP contribution is 2.29. The second-order valence-electron chi connectivity index (χ2n) is 11.9. The molecule has 6 atom stereocenters. The van der Waals surface area contributed by atoms with Crippen LogP contribution in [0, 0.1) is 18.8 Å². The van der Waals surface area contributed by atoms with Crippen LogP contribution in [0.25, 0.3) is 0 Å². The van der Waals surface area contributed by atoms with Crippen LogP contribution < -0.4 is 21.6 Å². The van der Waals surface area contributed by atoms with Crippen LogP contribution in [0.1, 0.15) is 57.2 Å². The Bertz CT molecular complexity index is 1110. The van der Waals surface area contributed by atoms with Crippen LogP contribution in [0.2, 0.25) is 0 Å².